The fourth-order valence-electron chi connectivity index (χ4n) is 2.25. The van der Waals surface area contributed by atoms with Crippen LogP contribution in [0.15, 0.2) is 0 Å². The van der Waals surface area contributed by atoms with Crippen molar-refractivity contribution in [1.82, 2.24) is 5.32 Å². The number of carbonyl (C=O) groups is 1. The standard InChI is InChI=1S/C10H18N2O3/c1-7(11-8(2)13)9-3-5-10(6-4-9)12(14)15/h7,9-10H,3-6H2,1-2H3,(H,11,13)/t7-,9?,10?/m0/s1. The summed E-state index contributed by atoms with van der Waals surface area (Å²) in [6.45, 7) is 3.47. The topological polar surface area (TPSA) is 72.2 Å². The summed E-state index contributed by atoms with van der Waals surface area (Å²) in [6.07, 6.45) is 2.96. The zero-order chi connectivity index (χ0) is 11.4. The molecule has 1 saturated carbocycles. The number of nitro groups is 1. The summed E-state index contributed by atoms with van der Waals surface area (Å²) in [4.78, 5) is 21.2. The van der Waals surface area contributed by atoms with Gasteiger partial charge in [-0.05, 0) is 25.7 Å². The number of nitrogens with zero attached hydrogens (tertiary/aromatic N) is 1. The van der Waals surface area contributed by atoms with Gasteiger partial charge in [0.1, 0.15) is 0 Å². The first-order valence-corrected chi connectivity index (χ1v) is 5.41. The summed E-state index contributed by atoms with van der Waals surface area (Å²) in [5, 5.41) is 13.4. The molecule has 1 aliphatic carbocycles. The summed E-state index contributed by atoms with van der Waals surface area (Å²) in [5.41, 5.74) is 0. The number of hydrogen-bond donors (Lipinski definition) is 1. The molecule has 0 heterocycles. The SMILES string of the molecule is CC(=O)N[C@@H](C)C1CCC([N+](=O)[O-])CC1. The minimum absolute atomic E-state index is 0.0288. The van der Waals surface area contributed by atoms with Gasteiger partial charge in [-0.2, -0.15) is 0 Å². The van der Waals surface area contributed by atoms with Crippen LogP contribution in [0, 0.1) is 16.0 Å². The Morgan fingerprint density at radius 2 is 1.93 bits per heavy atom. The van der Waals surface area contributed by atoms with Gasteiger partial charge in [0, 0.05) is 30.7 Å². The molecule has 0 spiro atoms. The van der Waals surface area contributed by atoms with Crippen LogP contribution in [0.5, 0.6) is 0 Å². The van der Waals surface area contributed by atoms with Crippen LogP contribution < -0.4 is 5.32 Å². The third-order valence-corrected chi connectivity index (χ3v) is 3.18. The zero-order valence-corrected chi connectivity index (χ0v) is 9.23. The maximum Gasteiger partial charge on any atom is 0.217 e. The molecule has 15 heavy (non-hydrogen) atoms. The van der Waals surface area contributed by atoms with Gasteiger partial charge < -0.3 is 5.32 Å². The lowest BCUT2D eigenvalue weighted by Crippen LogP contribution is -2.39. The fourth-order valence-corrected chi connectivity index (χ4v) is 2.25. The van der Waals surface area contributed by atoms with Crippen molar-refractivity contribution >= 4 is 5.91 Å². The molecule has 0 aliphatic heterocycles. The van der Waals surface area contributed by atoms with Gasteiger partial charge in [0.15, 0.2) is 0 Å². The number of rotatable bonds is 3. The van der Waals surface area contributed by atoms with Crippen LogP contribution in [0.4, 0.5) is 0 Å². The Balaban J connectivity index is 2.36. The molecule has 1 N–H and O–H groups in total. The van der Waals surface area contributed by atoms with Crippen molar-refractivity contribution < 1.29 is 9.72 Å². The second kappa shape index (κ2) is 5.09. The minimum Gasteiger partial charge on any atom is -0.354 e. The van der Waals surface area contributed by atoms with Crippen LogP contribution in [-0.2, 0) is 4.79 Å². The molecule has 86 valence electrons. The molecule has 1 fully saturated rings. The lowest BCUT2D eigenvalue weighted by molar-refractivity contribution is -0.527. The van der Waals surface area contributed by atoms with Gasteiger partial charge in [0.25, 0.3) is 0 Å². The molecule has 5 nitrogen and oxygen atoms in total. The van der Waals surface area contributed by atoms with Gasteiger partial charge in [0.05, 0.1) is 0 Å². The summed E-state index contributed by atoms with van der Waals surface area (Å²) in [7, 11) is 0. The normalized spacial score (nSPS) is 28.1. The van der Waals surface area contributed by atoms with Crippen molar-refractivity contribution in [2.45, 2.75) is 51.6 Å². The largest absolute Gasteiger partial charge is 0.354 e. The molecule has 1 atom stereocenters. The monoisotopic (exact) mass is 214 g/mol. The average molecular weight is 214 g/mol. The van der Waals surface area contributed by atoms with Crippen molar-refractivity contribution in [2.75, 3.05) is 0 Å². The molecular weight excluding hydrogens is 196 g/mol. The molecule has 0 aromatic carbocycles. The molecule has 1 rings (SSSR count). The maximum atomic E-state index is 10.9. The quantitative estimate of drug-likeness (QED) is 0.569. The Hall–Kier alpha value is -1.13. The minimum atomic E-state index is -0.370. The first kappa shape index (κ1) is 11.9. The van der Waals surface area contributed by atoms with E-state index in [1.165, 1.54) is 6.92 Å². The smallest absolute Gasteiger partial charge is 0.217 e. The van der Waals surface area contributed by atoms with Crippen LogP contribution >= 0.6 is 0 Å². The molecule has 0 saturated heterocycles. The second-order valence-electron chi connectivity index (χ2n) is 4.34. The van der Waals surface area contributed by atoms with Crippen LogP contribution in [-0.4, -0.2) is 22.9 Å². The van der Waals surface area contributed by atoms with Crippen LogP contribution in [0.1, 0.15) is 39.5 Å². The highest BCUT2D eigenvalue weighted by Crippen LogP contribution is 2.28. The molecule has 5 heteroatoms. The third-order valence-electron chi connectivity index (χ3n) is 3.18. The van der Waals surface area contributed by atoms with Gasteiger partial charge in [-0.1, -0.05) is 0 Å². The van der Waals surface area contributed by atoms with Gasteiger partial charge >= 0.3 is 0 Å². The molecule has 0 aromatic heterocycles. The van der Waals surface area contributed by atoms with E-state index in [4.69, 9.17) is 0 Å². The molecule has 0 aromatic rings. The summed E-state index contributed by atoms with van der Waals surface area (Å²) in [6, 6.07) is -0.235. The first-order valence-electron chi connectivity index (χ1n) is 5.41. The van der Waals surface area contributed by atoms with Crippen molar-refractivity contribution in [3.05, 3.63) is 10.1 Å². The predicted octanol–water partition coefficient (Wildman–Crippen LogP) is 1.35. The molecule has 0 bridgehead atoms. The lowest BCUT2D eigenvalue weighted by atomic mass is 9.82. The van der Waals surface area contributed by atoms with E-state index in [9.17, 15) is 14.9 Å². The average Bonchev–Trinajstić information content (AvgIpc) is 2.17. The van der Waals surface area contributed by atoms with E-state index in [-0.39, 0.29) is 22.9 Å². The van der Waals surface area contributed by atoms with E-state index in [0.717, 1.165) is 12.8 Å². The lowest BCUT2D eigenvalue weighted by Gasteiger charge is -2.29. The molecule has 1 amide bonds. The molecular formula is C10H18N2O3. The molecule has 0 radical (unpaired) electrons. The Morgan fingerprint density at radius 1 is 1.40 bits per heavy atom. The molecule has 0 unspecified atom stereocenters. The highest BCUT2D eigenvalue weighted by atomic mass is 16.6. The van der Waals surface area contributed by atoms with E-state index < -0.39 is 0 Å². The van der Waals surface area contributed by atoms with Gasteiger partial charge in [-0.3, -0.25) is 14.9 Å². The number of carbonyl (C=O) groups excluding carboxylic acids is 1. The van der Waals surface area contributed by atoms with Crippen molar-refractivity contribution in [2.24, 2.45) is 5.92 Å². The van der Waals surface area contributed by atoms with Crippen LogP contribution in [0.2, 0.25) is 0 Å². The van der Waals surface area contributed by atoms with Gasteiger partial charge in [-0.25, -0.2) is 0 Å². The Morgan fingerprint density at radius 3 is 2.33 bits per heavy atom. The molecule has 1 aliphatic rings. The van der Waals surface area contributed by atoms with Gasteiger partial charge in [-0.15, -0.1) is 0 Å². The van der Waals surface area contributed by atoms with Crippen LogP contribution in [0.25, 0.3) is 0 Å². The number of nitrogens with one attached hydrogen (secondary N) is 1. The van der Waals surface area contributed by atoms with E-state index in [1.807, 2.05) is 6.92 Å². The zero-order valence-electron chi connectivity index (χ0n) is 9.23. The Bertz CT molecular complexity index is 247. The maximum absolute atomic E-state index is 10.9. The highest BCUT2D eigenvalue weighted by Gasteiger charge is 2.30. The van der Waals surface area contributed by atoms with Crippen LogP contribution in [0.3, 0.4) is 0 Å². The van der Waals surface area contributed by atoms with Crippen molar-refractivity contribution in [3.8, 4) is 0 Å². The van der Waals surface area contributed by atoms with E-state index in [1.54, 1.807) is 0 Å². The number of amides is 1. The summed E-state index contributed by atoms with van der Waals surface area (Å²) >= 11 is 0. The number of hydrogen-bond acceptors (Lipinski definition) is 3. The Kier molecular flexibility index (Phi) is 4.05. The van der Waals surface area contributed by atoms with E-state index >= 15 is 0 Å². The summed E-state index contributed by atoms with van der Waals surface area (Å²) < 4.78 is 0. The first-order chi connectivity index (χ1) is 7.00. The van der Waals surface area contributed by atoms with Gasteiger partial charge in [0.2, 0.25) is 11.9 Å². The highest BCUT2D eigenvalue weighted by molar-refractivity contribution is 5.73. The summed E-state index contributed by atoms with van der Waals surface area (Å²) in [5.74, 6) is 0.365. The van der Waals surface area contributed by atoms with E-state index in [2.05, 4.69) is 5.32 Å². The van der Waals surface area contributed by atoms with Crippen molar-refractivity contribution in [3.63, 3.8) is 0 Å². The van der Waals surface area contributed by atoms with E-state index in [0.29, 0.717) is 18.8 Å². The second-order valence-corrected chi connectivity index (χ2v) is 4.34. The fraction of sp³-hybridized carbons (Fsp3) is 0.900. The Labute approximate surface area is 89.4 Å². The predicted molar refractivity (Wildman–Crippen MR) is 56.0 cm³/mol. The third kappa shape index (κ3) is 3.49. The van der Waals surface area contributed by atoms with Crippen molar-refractivity contribution in [1.29, 1.82) is 0 Å².